The molecular weight excluding hydrogens is 467 g/mol. The van der Waals surface area contributed by atoms with Crippen molar-refractivity contribution < 1.29 is 37.4 Å². The fraction of sp³-hybridized carbons (Fsp3) is 0.0714. The van der Waals surface area contributed by atoms with Gasteiger partial charge in [0.1, 0.15) is 4.90 Å². The molecule has 0 radical (unpaired) electrons. The highest BCUT2D eigenvalue weighted by atomic mass is 35.5. The van der Waals surface area contributed by atoms with Crippen molar-refractivity contribution in [1.82, 2.24) is 0 Å². The van der Waals surface area contributed by atoms with E-state index in [1.807, 2.05) is 5.32 Å². The van der Waals surface area contributed by atoms with Gasteiger partial charge in [0.25, 0.3) is 0 Å². The van der Waals surface area contributed by atoms with Crippen LogP contribution in [0.2, 0.25) is 10.0 Å². The number of carbonyl (C=O) groups excluding carboxylic acids is 1. The molecule has 2 aromatic rings. The van der Waals surface area contributed by atoms with Gasteiger partial charge < -0.3 is 10.6 Å². The summed E-state index contributed by atoms with van der Waals surface area (Å²) in [4.78, 5) is 9.55. The molecule has 3 nitrogen and oxygen atoms in total. The zero-order chi connectivity index (χ0) is 21.6. The van der Waals surface area contributed by atoms with Gasteiger partial charge in [0.2, 0.25) is 0 Å². The molecule has 0 saturated carbocycles. The fourth-order valence-corrected chi connectivity index (χ4v) is 3.00. The van der Waals surface area contributed by atoms with Crippen LogP contribution < -0.4 is 10.6 Å². The van der Waals surface area contributed by atoms with Gasteiger partial charge in [0.15, 0.2) is 0 Å². The molecule has 2 aromatic carbocycles. The maximum Gasteiger partial charge on any atom is 0.417 e. The molecule has 0 atom stereocenters. The number of hydrogen-bond donors (Lipinski definition) is 2. The first-order valence-corrected chi connectivity index (χ1v) is 9.56. The van der Waals surface area contributed by atoms with E-state index < -0.39 is 54.3 Å². The summed E-state index contributed by atoms with van der Waals surface area (Å²) in [6.07, 6.45) is -4.83. The molecule has 2 rings (SSSR count). The van der Waals surface area contributed by atoms with Crippen LogP contribution >= 0.6 is 33.4 Å². The van der Waals surface area contributed by atoms with Crippen molar-refractivity contribution in [3.63, 3.8) is 0 Å². The molecule has 0 aromatic heterocycles. The molecule has 28 heavy (non-hydrogen) atoms. The Morgan fingerprint density at radius 3 is 1.96 bits per heavy atom. The second-order valence-corrected chi connectivity index (χ2v) is 8.61. The quantitative estimate of drug-likeness (QED) is 0.431. The first kappa shape index (κ1) is 22.4. The van der Waals surface area contributed by atoms with Crippen molar-refractivity contribution in [2.24, 2.45) is 0 Å². The van der Waals surface area contributed by atoms with Gasteiger partial charge in [-0.25, -0.2) is 4.79 Å². The van der Waals surface area contributed by atoms with E-state index >= 15 is 0 Å². The number of amides is 2. The number of benzene rings is 2. The van der Waals surface area contributed by atoms with Crippen molar-refractivity contribution in [2.45, 2.75) is 11.1 Å². The maximum atomic E-state index is 12.8. The summed E-state index contributed by atoms with van der Waals surface area (Å²) in [7, 11) is -10.0. The van der Waals surface area contributed by atoms with Crippen molar-refractivity contribution in [3.8, 4) is 0 Å². The summed E-state index contributed by atoms with van der Waals surface area (Å²) in [6, 6.07) is 1.44. The average molecular weight is 475 g/mol. The first-order valence-electron chi connectivity index (χ1n) is 6.85. The molecule has 0 fully saturated rings. The van der Waals surface area contributed by atoms with E-state index in [9.17, 15) is 37.4 Å². The van der Waals surface area contributed by atoms with Gasteiger partial charge in [-0.3, -0.25) is 0 Å². The molecule has 0 aliphatic heterocycles. The highest BCUT2D eigenvalue weighted by molar-refractivity contribution is 8.45. The second-order valence-electron chi connectivity index (χ2n) is 5.38. The first-order chi connectivity index (χ1) is 12.4. The Kier molecular flexibility index (Phi) is 5.03. The van der Waals surface area contributed by atoms with E-state index in [-0.39, 0.29) is 12.1 Å². The number of rotatable bonds is 3. The Morgan fingerprint density at radius 1 is 0.857 bits per heavy atom. The lowest BCUT2D eigenvalue weighted by atomic mass is 10.2. The van der Waals surface area contributed by atoms with Gasteiger partial charge in [0.05, 0.1) is 21.3 Å². The lowest BCUT2D eigenvalue weighted by molar-refractivity contribution is -0.137. The predicted octanol–water partition coefficient (Wildman–Crippen LogP) is 8.31. The molecule has 0 bridgehead atoms. The Labute approximate surface area is 162 Å². The minimum Gasteiger partial charge on any atom is -0.308 e. The summed E-state index contributed by atoms with van der Waals surface area (Å²) >= 11 is 11.0. The highest BCUT2D eigenvalue weighted by Crippen LogP contribution is 3.02. The van der Waals surface area contributed by atoms with Gasteiger partial charge in [-0.2, -0.15) is 13.2 Å². The molecule has 0 unspecified atom stereocenters. The summed E-state index contributed by atoms with van der Waals surface area (Å²) in [5.74, 6) is 0. The monoisotopic (exact) mass is 474 g/mol. The molecule has 2 amide bonds. The third kappa shape index (κ3) is 5.55. The lowest BCUT2D eigenvalue weighted by Crippen LogP contribution is -2.20. The largest absolute Gasteiger partial charge is 0.417 e. The van der Waals surface area contributed by atoms with E-state index in [1.165, 1.54) is 0 Å². The number of alkyl halides is 3. The van der Waals surface area contributed by atoms with Crippen LogP contribution in [0.15, 0.2) is 41.3 Å². The molecule has 0 spiro atoms. The van der Waals surface area contributed by atoms with E-state index in [2.05, 4.69) is 0 Å². The van der Waals surface area contributed by atoms with Crippen LogP contribution in [0, 0.1) is 0 Å². The summed E-state index contributed by atoms with van der Waals surface area (Å²) in [5, 5.41) is 2.52. The summed E-state index contributed by atoms with van der Waals surface area (Å²) < 4.78 is 103. The number of hydrogen-bond acceptors (Lipinski definition) is 1. The van der Waals surface area contributed by atoms with Crippen LogP contribution in [0.25, 0.3) is 0 Å². The molecule has 0 aliphatic carbocycles. The zero-order valence-corrected chi connectivity index (χ0v) is 15.4. The van der Waals surface area contributed by atoms with Gasteiger partial charge in [0, 0.05) is 5.69 Å². The van der Waals surface area contributed by atoms with Crippen molar-refractivity contribution >= 4 is 50.8 Å². The standard InChI is InChI=1S/C14H8Cl2F8N2OS/c15-10-3-1-7(5-9(10)14(17,18)19)25-13(27)26-12-6-8(2-4-11(12)16)28(20,21,22,23)24/h1-6H,(H2,25,26,27). The van der Waals surface area contributed by atoms with Crippen LogP contribution in [-0.4, -0.2) is 6.03 Å². The number of halogens is 10. The van der Waals surface area contributed by atoms with Crippen LogP contribution in [0.1, 0.15) is 5.56 Å². The van der Waals surface area contributed by atoms with Crippen LogP contribution in [0.5, 0.6) is 0 Å². The van der Waals surface area contributed by atoms with Crippen molar-refractivity contribution in [3.05, 3.63) is 52.0 Å². The van der Waals surface area contributed by atoms with E-state index in [0.717, 1.165) is 12.1 Å². The predicted molar refractivity (Wildman–Crippen MR) is 91.9 cm³/mol. The molecular formula is C14H8Cl2F8N2OS. The minimum absolute atomic E-state index is 0.0434. The molecule has 156 valence electrons. The SMILES string of the molecule is O=C(Nc1ccc(Cl)c(C(F)(F)F)c1)Nc1cc(S(F)(F)(F)(F)F)ccc1Cl. The van der Waals surface area contributed by atoms with E-state index in [4.69, 9.17) is 23.2 Å². The minimum atomic E-state index is -10.0. The molecule has 0 heterocycles. The third-order valence-electron chi connectivity index (χ3n) is 3.16. The van der Waals surface area contributed by atoms with Crippen LogP contribution in [0.3, 0.4) is 0 Å². The smallest absolute Gasteiger partial charge is 0.308 e. The number of anilines is 2. The molecule has 14 heteroatoms. The summed E-state index contributed by atoms with van der Waals surface area (Å²) in [6.45, 7) is 0. The number of nitrogens with one attached hydrogen (secondary N) is 2. The Hall–Kier alpha value is -1.92. The Balaban J connectivity index is 2.28. The molecule has 2 N–H and O–H groups in total. The molecule has 0 aliphatic rings. The van der Waals surface area contributed by atoms with Gasteiger partial charge in [-0.15, -0.1) is 0 Å². The van der Waals surface area contributed by atoms with Gasteiger partial charge in [-0.1, -0.05) is 42.6 Å². The van der Waals surface area contributed by atoms with Crippen molar-refractivity contribution in [2.75, 3.05) is 10.6 Å². The van der Waals surface area contributed by atoms with Crippen LogP contribution in [-0.2, 0) is 6.18 Å². The zero-order valence-electron chi connectivity index (χ0n) is 13.1. The van der Waals surface area contributed by atoms with Crippen molar-refractivity contribution in [1.29, 1.82) is 0 Å². The third-order valence-corrected chi connectivity index (χ3v) is 4.97. The normalized spacial score (nSPS) is 14.8. The van der Waals surface area contributed by atoms with Gasteiger partial charge >= 0.3 is 22.4 Å². The van der Waals surface area contributed by atoms with E-state index in [1.54, 1.807) is 5.32 Å². The topological polar surface area (TPSA) is 41.1 Å². The fourth-order valence-electron chi connectivity index (χ4n) is 1.95. The maximum absolute atomic E-state index is 12.8. The average Bonchev–Trinajstić information content (AvgIpc) is 2.47. The lowest BCUT2D eigenvalue weighted by Gasteiger charge is -2.40. The van der Waals surface area contributed by atoms with Gasteiger partial charge in [-0.05, 0) is 36.4 Å². The van der Waals surface area contributed by atoms with Crippen LogP contribution in [0.4, 0.5) is 48.8 Å². The Bertz CT molecular complexity index is 947. The Morgan fingerprint density at radius 2 is 1.43 bits per heavy atom. The number of carbonyl (C=O) groups is 1. The highest BCUT2D eigenvalue weighted by Gasteiger charge is 2.65. The second kappa shape index (κ2) is 6.29. The van der Waals surface area contributed by atoms with E-state index in [0.29, 0.717) is 12.1 Å². The molecule has 0 saturated heterocycles. The number of urea groups is 1. The summed E-state index contributed by atoms with van der Waals surface area (Å²) in [5.41, 5.74) is -2.50.